The van der Waals surface area contributed by atoms with Crippen molar-refractivity contribution >= 4 is 56.3 Å². The van der Waals surface area contributed by atoms with Crippen LogP contribution in [-0.4, -0.2) is 22.2 Å². The highest BCUT2D eigenvalue weighted by Crippen LogP contribution is 2.25. The molecule has 0 aliphatic carbocycles. The number of hydrogen-bond donors (Lipinski definition) is 0. The number of nitrogens with zero attached hydrogens (tertiary/aromatic N) is 4. The van der Waals surface area contributed by atoms with Crippen molar-refractivity contribution in [2.75, 3.05) is 11.9 Å². The minimum absolute atomic E-state index is 0.0859. The maximum Gasteiger partial charge on any atom is 0.245 e. The first-order valence-electron chi connectivity index (χ1n) is 4.56. The van der Waals surface area contributed by atoms with E-state index in [0.29, 0.717) is 12.4 Å². The zero-order valence-corrected chi connectivity index (χ0v) is 12.6. The van der Waals surface area contributed by atoms with Crippen LogP contribution < -0.4 is 4.90 Å². The van der Waals surface area contributed by atoms with Crippen molar-refractivity contribution in [1.82, 2.24) is 15.2 Å². The molecule has 0 fully saturated rings. The zero-order valence-electron chi connectivity index (χ0n) is 8.69. The summed E-state index contributed by atoms with van der Waals surface area (Å²) in [6.07, 6.45) is 0. The Balaban J connectivity index is 2.19. The molecule has 0 saturated carbocycles. The summed E-state index contributed by atoms with van der Waals surface area (Å²) in [7, 11) is 1.87. The van der Waals surface area contributed by atoms with E-state index in [1.54, 1.807) is 11.3 Å². The number of rotatable bonds is 3. The quantitative estimate of drug-likeness (QED) is 0.844. The largest absolute Gasteiger partial charge is 0.353 e. The lowest BCUT2D eigenvalue weighted by Crippen LogP contribution is -2.18. The summed E-state index contributed by atoms with van der Waals surface area (Å²) in [6.45, 7) is 0.677. The van der Waals surface area contributed by atoms with E-state index in [4.69, 9.17) is 23.2 Å². The van der Waals surface area contributed by atoms with Gasteiger partial charge in [-0.3, -0.25) is 0 Å². The molecule has 90 valence electrons. The summed E-state index contributed by atoms with van der Waals surface area (Å²) >= 11 is 16.7. The summed E-state index contributed by atoms with van der Waals surface area (Å²) in [6, 6.07) is 2.05. The fourth-order valence-corrected chi connectivity index (χ4v) is 2.85. The Hall–Kier alpha value is -0.430. The van der Waals surface area contributed by atoms with Crippen LogP contribution >= 0.6 is 50.5 Å². The average Bonchev–Trinajstić information content (AvgIpc) is 2.67. The van der Waals surface area contributed by atoms with E-state index in [9.17, 15) is 0 Å². The van der Waals surface area contributed by atoms with Crippen molar-refractivity contribution < 1.29 is 0 Å². The van der Waals surface area contributed by atoms with Gasteiger partial charge < -0.3 is 4.90 Å². The Morgan fingerprint density at radius 2 is 2.18 bits per heavy atom. The highest BCUT2D eigenvalue weighted by atomic mass is 79.9. The normalized spacial score (nSPS) is 10.6. The number of halogens is 3. The Labute approximate surface area is 121 Å². The minimum atomic E-state index is 0.0859. The first kappa shape index (κ1) is 13.0. The van der Waals surface area contributed by atoms with Crippen LogP contribution in [0, 0.1) is 0 Å². The molecule has 0 aliphatic heterocycles. The minimum Gasteiger partial charge on any atom is -0.353 e. The summed E-state index contributed by atoms with van der Waals surface area (Å²) in [5.74, 6) is 0.522. The maximum absolute atomic E-state index is 5.92. The van der Waals surface area contributed by atoms with Crippen LogP contribution in [0.15, 0.2) is 15.2 Å². The van der Waals surface area contributed by atoms with Crippen molar-refractivity contribution in [1.29, 1.82) is 0 Å². The van der Waals surface area contributed by atoms with Crippen LogP contribution in [0.2, 0.25) is 10.4 Å². The van der Waals surface area contributed by atoms with Crippen molar-refractivity contribution in [2.45, 2.75) is 6.54 Å². The molecule has 2 aromatic heterocycles. The van der Waals surface area contributed by atoms with Gasteiger partial charge in [0.2, 0.25) is 5.28 Å². The Bertz CT molecular complexity index is 533. The Morgan fingerprint density at radius 3 is 2.82 bits per heavy atom. The van der Waals surface area contributed by atoms with Crippen LogP contribution in [0.5, 0.6) is 0 Å². The van der Waals surface area contributed by atoms with E-state index in [1.165, 1.54) is 0 Å². The molecule has 2 rings (SSSR count). The molecule has 0 unspecified atom stereocenters. The maximum atomic E-state index is 5.92. The molecule has 0 spiro atoms. The van der Waals surface area contributed by atoms with E-state index in [2.05, 4.69) is 36.5 Å². The van der Waals surface area contributed by atoms with Gasteiger partial charge in [0, 0.05) is 13.6 Å². The van der Waals surface area contributed by atoms with Gasteiger partial charge in [0.25, 0.3) is 0 Å². The van der Waals surface area contributed by atoms with E-state index < -0.39 is 0 Å². The van der Waals surface area contributed by atoms with Crippen molar-refractivity contribution in [2.24, 2.45) is 0 Å². The SMILES string of the molecule is CN(Cc1csc(Br)c1)c1nc(Cl)nnc1Cl. The summed E-state index contributed by atoms with van der Waals surface area (Å²) < 4.78 is 1.09. The smallest absolute Gasteiger partial charge is 0.245 e. The van der Waals surface area contributed by atoms with Gasteiger partial charge in [-0.1, -0.05) is 11.6 Å². The molecule has 2 heterocycles. The van der Waals surface area contributed by atoms with Crippen LogP contribution in [-0.2, 0) is 6.54 Å². The second-order valence-corrected chi connectivity index (χ2v) is 6.30. The highest BCUT2D eigenvalue weighted by Gasteiger charge is 2.12. The summed E-state index contributed by atoms with van der Waals surface area (Å²) in [5.41, 5.74) is 1.16. The molecule has 4 nitrogen and oxygen atoms in total. The molecule has 17 heavy (non-hydrogen) atoms. The van der Waals surface area contributed by atoms with Crippen LogP contribution in [0.4, 0.5) is 5.82 Å². The predicted molar refractivity (Wildman–Crippen MR) is 74.0 cm³/mol. The Kier molecular flexibility index (Phi) is 4.19. The van der Waals surface area contributed by atoms with Gasteiger partial charge in [-0.15, -0.1) is 21.5 Å². The molecule has 0 saturated heterocycles. The predicted octanol–water partition coefficient (Wildman–Crippen LogP) is 3.64. The number of thiophene rings is 1. The Morgan fingerprint density at radius 1 is 1.41 bits per heavy atom. The molecule has 0 aromatic carbocycles. The lowest BCUT2D eigenvalue weighted by molar-refractivity contribution is 0.865. The average molecular weight is 354 g/mol. The van der Waals surface area contributed by atoms with E-state index >= 15 is 0 Å². The van der Waals surface area contributed by atoms with Gasteiger partial charge in [0.1, 0.15) is 0 Å². The fraction of sp³-hybridized carbons (Fsp3) is 0.222. The molecule has 8 heteroatoms. The number of hydrogen-bond acceptors (Lipinski definition) is 5. The molecule has 0 N–H and O–H groups in total. The topological polar surface area (TPSA) is 41.9 Å². The third kappa shape index (κ3) is 3.28. The van der Waals surface area contributed by atoms with Crippen molar-refractivity contribution in [3.63, 3.8) is 0 Å². The lowest BCUT2D eigenvalue weighted by atomic mass is 10.3. The van der Waals surface area contributed by atoms with Crippen molar-refractivity contribution in [3.8, 4) is 0 Å². The third-order valence-electron chi connectivity index (χ3n) is 2.01. The van der Waals surface area contributed by atoms with E-state index in [0.717, 1.165) is 9.35 Å². The molecular formula is C9H7BrCl2N4S. The standard InChI is InChI=1S/C9H7BrCl2N4S/c1-16(3-5-2-6(10)17-4-5)8-7(11)14-15-9(12)13-8/h2,4H,3H2,1H3. The summed E-state index contributed by atoms with van der Waals surface area (Å²) in [4.78, 5) is 5.93. The van der Waals surface area contributed by atoms with Gasteiger partial charge in [-0.2, -0.15) is 4.98 Å². The number of anilines is 1. The molecule has 0 radical (unpaired) electrons. The third-order valence-corrected chi connectivity index (χ3v) is 3.96. The molecule has 0 bridgehead atoms. The molecule has 0 amide bonds. The first-order chi connectivity index (χ1) is 8.06. The van der Waals surface area contributed by atoms with Gasteiger partial charge in [0.05, 0.1) is 3.79 Å². The molecule has 2 aromatic rings. The second-order valence-electron chi connectivity index (χ2n) is 3.31. The lowest BCUT2D eigenvalue weighted by Gasteiger charge is -2.17. The van der Waals surface area contributed by atoms with Gasteiger partial charge >= 0.3 is 0 Å². The molecule has 0 atom stereocenters. The second kappa shape index (κ2) is 5.48. The van der Waals surface area contributed by atoms with Gasteiger partial charge in [0.15, 0.2) is 11.0 Å². The van der Waals surface area contributed by atoms with E-state index in [1.807, 2.05) is 18.0 Å². The monoisotopic (exact) mass is 352 g/mol. The van der Waals surface area contributed by atoms with Gasteiger partial charge in [-0.05, 0) is 44.5 Å². The zero-order chi connectivity index (χ0) is 12.4. The van der Waals surface area contributed by atoms with E-state index in [-0.39, 0.29) is 10.4 Å². The fourth-order valence-electron chi connectivity index (χ4n) is 1.31. The summed E-state index contributed by atoms with van der Waals surface area (Å²) in [5, 5.41) is 9.68. The molecular weight excluding hydrogens is 347 g/mol. The van der Waals surface area contributed by atoms with Crippen LogP contribution in [0.25, 0.3) is 0 Å². The van der Waals surface area contributed by atoms with Crippen molar-refractivity contribution in [3.05, 3.63) is 31.2 Å². The van der Waals surface area contributed by atoms with Crippen LogP contribution in [0.1, 0.15) is 5.56 Å². The molecule has 0 aliphatic rings. The first-order valence-corrected chi connectivity index (χ1v) is 6.99. The highest BCUT2D eigenvalue weighted by molar-refractivity contribution is 9.11. The van der Waals surface area contributed by atoms with Gasteiger partial charge in [-0.25, -0.2) is 0 Å². The number of aromatic nitrogens is 3. The van der Waals surface area contributed by atoms with Crippen LogP contribution in [0.3, 0.4) is 0 Å².